The second-order valence-corrected chi connectivity index (χ2v) is 6.14. The summed E-state index contributed by atoms with van der Waals surface area (Å²) in [4.78, 5) is 14.3. The molecule has 0 bridgehead atoms. The van der Waals surface area contributed by atoms with Gasteiger partial charge in [0.1, 0.15) is 21.9 Å². The first kappa shape index (κ1) is 12.8. The van der Waals surface area contributed by atoms with Gasteiger partial charge in [-0.15, -0.1) is 0 Å². The van der Waals surface area contributed by atoms with E-state index < -0.39 is 0 Å². The lowest BCUT2D eigenvalue weighted by molar-refractivity contribution is 0.104. The number of fused-ring (bicyclic) bond motifs is 1. The Labute approximate surface area is 124 Å². The predicted molar refractivity (Wildman–Crippen MR) is 80.3 cm³/mol. The van der Waals surface area contributed by atoms with Crippen LogP contribution >= 0.6 is 23.5 Å². The molecule has 1 heterocycles. The van der Waals surface area contributed by atoms with Gasteiger partial charge in [-0.3, -0.25) is 4.79 Å². The Bertz CT molecular complexity index is 752. The van der Waals surface area contributed by atoms with Crippen LogP contribution in [0.4, 0.5) is 0 Å². The number of allylic oxidation sites excluding steroid dienone is 4. The lowest BCUT2D eigenvalue weighted by Gasteiger charge is -2.25. The fraction of sp³-hybridized carbons (Fsp3) is 0. The molecule has 0 spiro atoms. The van der Waals surface area contributed by atoms with Crippen molar-refractivity contribution in [3.8, 4) is 12.1 Å². The number of Topliss-reactive ketones (excluding diaryl/α,β-unsaturated/α-hetero) is 1. The smallest absolute Gasteiger partial charge is 0.201 e. The van der Waals surface area contributed by atoms with Crippen LogP contribution in [0, 0.1) is 22.7 Å². The normalized spacial score (nSPS) is 17.3. The van der Waals surface area contributed by atoms with E-state index in [4.69, 9.17) is 10.5 Å². The molecule has 3 nitrogen and oxygen atoms in total. The van der Waals surface area contributed by atoms with E-state index in [1.165, 1.54) is 0 Å². The monoisotopic (exact) mass is 294 g/mol. The first-order chi connectivity index (χ1) is 9.67. The summed E-state index contributed by atoms with van der Waals surface area (Å²) in [5.41, 5.74) is 2.13. The second-order valence-electron chi connectivity index (χ2n) is 4.10. The molecule has 1 aromatic rings. The summed E-state index contributed by atoms with van der Waals surface area (Å²) in [7, 11) is 0. The molecule has 0 N–H and O–H groups in total. The zero-order valence-corrected chi connectivity index (χ0v) is 11.8. The summed E-state index contributed by atoms with van der Waals surface area (Å²) >= 11 is 2.23. The van der Waals surface area contributed by atoms with Crippen LogP contribution in [0.5, 0.6) is 0 Å². The molecular formula is C15H6N2OS2. The van der Waals surface area contributed by atoms with Crippen LogP contribution in [0.25, 0.3) is 5.57 Å². The number of hydrogen-bond acceptors (Lipinski definition) is 5. The number of hydrogen-bond donors (Lipinski definition) is 0. The average Bonchev–Trinajstić information content (AvgIpc) is 2.51. The van der Waals surface area contributed by atoms with E-state index in [2.05, 4.69) is 6.58 Å². The van der Waals surface area contributed by atoms with Crippen molar-refractivity contribution in [1.82, 2.24) is 0 Å². The Morgan fingerprint density at radius 2 is 1.50 bits per heavy atom. The lowest BCUT2D eigenvalue weighted by Crippen LogP contribution is -2.14. The Morgan fingerprint density at radius 3 is 2.10 bits per heavy atom. The average molecular weight is 294 g/mol. The summed E-state index contributed by atoms with van der Waals surface area (Å²) in [5, 5.41) is 18.2. The summed E-state index contributed by atoms with van der Waals surface area (Å²) in [6.45, 7) is 4.03. The minimum atomic E-state index is -0.106. The van der Waals surface area contributed by atoms with Crippen LogP contribution < -0.4 is 0 Å². The number of nitriles is 2. The van der Waals surface area contributed by atoms with Crippen LogP contribution in [0.3, 0.4) is 0 Å². The van der Waals surface area contributed by atoms with Gasteiger partial charge in [0.25, 0.3) is 0 Å². The largest absolute Gasteiger partial charge is 0.288 e. The van der Waals surface area contributed by atoms with Crippen LogP contribution in [-0.4, -0.2) is 5.78 Å². The highest BCUT2D eigenvalue weighted by atomic mass is 32.2. The van der Waals surface area contributed by atoms with Crippen molar-refractivity contribution < 1.29 is 4.79 Å². The van der Waals surface area contributed by atoms with Crippen molar-refractivity contribution in [2.75, 3.05) is 0 Å². The first-order valence-electron chi connectivity index (χ1n) is 5.65. The number of carbonyl (C=O) groups excluding carboxylic acids is 1. The maximum atomic E-state index is 12.5. The van der Waals surface area contributed by atoms with Crippen LogP contribution in [0.15, 0.2) is 50.5 Å². The second kappa shape index (κ2) is 4.72. The molecule has 1 aliphatic heterocycles. The molecule has 0 saturated carbocycles. The van der Waals surface area contributed by atoms with Crippen molar-refractivity contribution in [2.45, 2.75) is 0 Å². The Balaban J connectivity index is 2.16. The quantitative estimate of drug-likeness (QED) is 0.727. The highest BCUT2D eigenvalue weighted by molar-refractivity contribution is 8.14. The molecule has 0 amide bonds. The molecule has 0 fully saturated rings. The van der Waals surface area contributed by atoms with Crippen molar-refractivity contribution >= 4 is 34.9 Å². The molecule has 94 valence electrons. The van der Waals surface area contributed by atoms with E-state index in [0.29, 0.717) is 20.3 Å². The van der Waals surface area contributed by atoms with Gasteiger partial charge in [0, 0.05) is 10.5 Å². The minimum Gasteiger partial charge on any atom is -0.288 e. The molecule has 20 heavy (non-hydrogen) atoms. The fourth-order valence-electron chi connectivity index (χ4n) is 2.07. The molecule has 0 unspecified atom stereocenters. The van der Waals surface area contributed by atoms with Gasteiger partial charge in [-0.2, -0.15) is 10.5 Å². The molecule has 5 heteroatoms. The molecule has 2 aliphatic rings. The summed E-state index contributed by atoms with van der Waals surface area (Å²) in [6, 6.07) is 11.3. The number of nitrogens with zero attached hydrogens (tertiary/aromatic N) is 2. The van der Waals surface area contributed by atoms with Gasteiger partial charge < -0.3 is 0 Å². The first-order valence-corrected chi connectivity index (χ1v) is 7.28. The zero-order chi connectivity index (χ0) is 14.3. The summed E-state index contributed by atoms with van der Waals surface area (Å²) in [5.74, 6) is -0.106. The van der Waals surface area contributed by atoms with Crippen LogP contribution in [0.2, 0.25) is 0 Å². The Hall–Kier alpha value is -2.21. The van der Waals surface area contributed by atoms with E-state index in [9.17, 15) is 4.79 Å². The van der Waals surface area contributed by atoms with Gasteiger partial charge in [-0.1, -0.05) is 54.4 Å². The molecule has 0 aromatic heterocycles. The number of ketones is 1. The maximum Gasteiger partial charge on any atom is 0.201 e. The summed E-state index contributed by atoms with van der Waals surface area (Å²) < 4.78 is 0. The van der Waals surface area contributed by atoms with E-state index >= 15 is 0 Å². The lowest BCUT2D eigenvalue weighted by atomic mass is 9.92. The number of thioether (sulfide) groups is 2. The van der Waals surface area contributed by atoms with Gasteiger partial charge in [0.05, 0.1) is 4.91 Å². The van der Waals surface area contributed by atoms with Gasteiger partial charge >= 0.3 is 0 Å². The maximum absolute atomic E-state index is 12.5. The molecule has 0 radical (unpaired) electrons. The van der Waals surface area contributed by atoms with E-state index in [-0.39, 0.29) is 10.7 Å². The zero-order valence-electron chi connectivity index (χ0n) is 10.1. The highest BCUT2D eigenvalue weighted by Crippen LogP contribution is 2.52. The van der Waals surface area contributed by atoms with Crippen molar-refractivity contribution in [3.05, 3.63) is 61.6 Å². The number of rotatable bonds is 0. The SMILES string of the molecule is C=C1C2=C(SC(C#N)=C(C#N)S2)C(=O)c2ccccc21. The van der Waals surface area contributed by atoms with Gasteiger partial charge in [0.2, 0.25) is 5.78 Å². The van der Waals surface area contributed by atoms with E-state index in [1.807, 2.05) is 24.3 Å². The van der Waals surface area contributed by atoms with Crippen molar-refractivity contribution in [2.24, 2.45) is 0 Å². The third-order valence-electron chi connectivity index (χ3n) is 3.00. The van der Waals surface area contributed by atoms with Gasteiger partial charge in [0.15, 0.2) is 0 Å². The van der Waals surface area contributed by atoms with E-state index in [1.54, 1.807) is 12.1 Å². The molecule has 1 aliphatic carbocycles. The molecular weight excluding hydrogens is 288 g/mol. The molecule has 3 rings (SSSR count). The Kier molecular flexibility index (Phi) is 3.02. The van der Waals surface area contributed by atoms with Crippen LogP contribution in [0.1, 0.15) is 15.9 Å². The van der Waals surface area contributed by atoms with Gasteiger partial charge in [-0.25, -0.2) is 0 Å². The predicted octanol–water partition coefficient (Wildman–Crippen LogP) is 3.85. The minimum absolute atomic E-state index is 0.106. The summed E-state index contributed by atoms with van der Waals surface area (Å²) in [6.07, 6.45) is 0. The Morgan fingerprint density at radius 1 is 0.950 bits per heavy atom. The highest BCUT2D eigenvalue weighted by Gasteiger charge is 2.34. The topological polar surface area (TPSA) is 64.7 Å². The van der Waals surface area contributed by atoms with E-state index in [0.717, 1.165) is 34.7 Å². The van der Waals surface area contributed by atoms with Crippen molar-refractivity contribution in [3.63, 3.8) is 0 Å². The third-order valence-corrected chi connectivity index (χ3v) is 5.51. The number of benzene rings is 1. The van der Waals surface area contributed by atoms with Crippen molar-refractivity contribution in [1.29, 1.82) is 10.5 Å². The fourth-order valence-corrected chi connectivity index (χ4v) is 4.19. The molecule has 0 atom stereocenters. The molecule has 1 aromatic carbocycles. The van der Waals surface area contributed by atoms with Crippen LogP contribution in [-0.2, 0) is 0 Å². The standard InChI is InChI=1S/C15H6N2OS2/c1-8-9-4-2-3-5-10(9)13(18)15-14(8)19-11(6-16)12(7-17)20-15/h2-5H,1H2. The third kappa shape index (κ3) is 1.72. The molecule has 0 saturated heterocycles. The number of carbonyl (C=O) groups is 1. The van der Waals surface area contributed by atoms with Gasteiger partial charge in [-0.05, 0) is 11.1 Å².